The lowest BCUT2D eigenvalue weighted by molar-refractivity contribution is -0.138. The number of amides is 4. The highest BCUT2D eigenvalue weighted by molar-refractivity contribution is 6.36. The first-order valence-corrected chi connectivity index (χ1v) is 21.1. The molecule has 2 heterocycles. The third-order valence-corrected chi connectivity index (χ3v) is 13.4. The molecule has 0 spiro atoms. The summed E-state index contributed by atoms with van der Waals surface area (Å²) in [4.78, 5) is 63.2. The van der Waals surface area contributed by atoms with Gasteiger partial charge in [0.25, 0.3) is 11.8 Å². The first-order chi connectivity index (χ1) is 30.4. The van der Waals surface area contributed by atoms with Crippen molar-refractivity contribution in [2.24, 2.45) is 33.9 Å². The third kappa shape index (κ3) is 6.77. The lowest BCUT2D eigenvalue weighted by Crippen LogP contribution is -2.53. The Hall–Kier alpha value is -6.70. The maximum atomic E-state index is 15.6. The molecule has 0 aromatic heterocycles. The molecule has 320 valence electrons. The first-order valence-electron chi connectivity index (χ1n) is 20.3. The van der Waals surface area contributed by atoms with Crippen molar-refractivity contribution in [3.8, 4) is 17.2 Å². The normalized spacial score (nSPS) is 24.0. The summed E-state index contributed by atoms with van der Waals surface area (Å²) in [7, 11) is 6.91. The second kappa shape index (κ2) is 16.2. The number of imide groups is 2. The predicted octanol–water partition coefficient (Wildman–Crippen LogP) is 9.39. The van der Waals surface area contributed by atoms with Crippen LogP contribution in [-0.4, -0.2) is 62.1 Å². The zero-order valence-electron chi connectivity index (χ0n) is 34.7. The van der Waals surface area contributed by atoms with Crippen LogP contribution in [0, 0.1) is 23.7 Å². The second-order valence-corrected chi connectivity index (χ2v) is 17.1. The molecule has 6 atom stereocenters. The van der Waals surface area contributed by atoms with Crippen LogP contribution in [0.3, 0.4) is 0 Å². The van der Waals surface area contributed by atoms with Crippen LogP contribution in [0.5, 0.6) is 17.2 Å². The topological polar surface area (TPSA) is 153 Å². The van der Waals surface area contributed by atoms with Crippen LogP contribution < -0.4 is 24.7 Å². The largest absolute Gasteiger partial charge is 0.508 e. The Morgan fingerprint density at radius 2 is 1.48 bits per heavy atom. The quantitative estimate of drug-likeness (QED) is 0.0794. The van der Waals surface area contributed by atoms with Gasteiger partial charge in [0.05, 0.1) is 65.2 Å². The monoisotopic (exact) mass is 884 g/mol. The Morgan fingerprint density at radius 1 is 0.794 bits per heavy atom. The van der Waals surface area contributed by atoms with Crippen LogP contribution in [-0.2, 0) is 24.6 Å². The molecular weight excluding hydrogens is 843 g/mol. The molecule has 1 saturated carbocycles. The average molecular weight is 886 g/mol. The van der Waals surface area contributed by atoms with Gasteiger partial charge in [-0.15, -0.1) is 0 Å². The summed E-state index contributed by atoms with van der Waals surface area (Å²) < 4.78 is 11.4. The summed E-state index contributed by atoms with van der Waals surface area (Å²) in [5.74, 6) is -5.80. The Labute approximate surface area is 373 Å². The molecule has 0 bridgehead atoms. The van der Waals surface area contributed by atoms with Crippen molar-refractivity contribution in [1.82, 2.24) is 5.01 Å². The summed E-state index contributed by atoms with van der Waals surface area (Å²) in [5.41, 5.74) is 5.55. The molecule has 0 radical (unpaired) electrons. The molecular formula is C48H42Cl2N6O7. The minimum atomic E-state index is -1.69. The molecule has 2 aliphatic carbocycles. The van der Waals surface area contributed by atoms with Gasteiger partial charge < -0.3 is 19.5 Å². The van der Waals surface area contributed by atoms with Crippen LogP contribution in [0.4, 0.5) is 28.4 Å². The number of phenolic OH excluding ortho intramolecular Hbond substituents is 1. The molecule has 15 heteroatoms. The number of hydrazine groups is 1. The fraction of sp³-hybridized carbons (Fsp3) is 0.250. The number of carbonyl (C=O) groups is 4. The molecule has 3 fully saturated rings. The number of carbonyl (C=O) groups excluding carboxylic acids is 4. The van der Waals surface area contributed by atoms with Gasteiger partial charge in [0, 0.05) is 36.3 Å². The first kappa shape index (κ1) is 41.6. The van der Waals surface area contributed by atoms with Crippen LogP contribution in [0.1, 0.15) is 29.9 Å². The Balaban J connectivity index is 1.13. The van der Waals surface area contributed by atoms with Gasteiger partial charge >= 0.3 is 0 Å². The second-order valence-electron chi connectivity index (χ2n) is 16.2. The smallest absolute Gasteiger partial charge is 0.260 e. The molecule has 4 amide bonds. The minimum absolute atomic E-state index is 0.0320. The fourth-order valence-electron chi connectivity index (χ4n) is 10.0. The number of fused-ring (bicyclic) bond motifs is 4. The van der Waals surface area contributed by atoms with Gasteiger partial charge in [-0.3, -0.25) is 29.5 Å². The van der Waals surface area contributed by atoms with E-state index < -0.39 is 52.7 Å². The number of nitrogens with one attached hydrogen (secondary N) is 1. The molecule has 2 aliphatic heterocycles. The molecule has 5 aromatic carbocycles. The molecule has 5 aromatic rings. The number of aromatic hydroxyl groups is 1. The molecule has 63 heavy (non-hydrogen) atoms. The minimum Gasteiger partial charge on any atom is -0.508 e. The number of azo groups is 1. The summed E-state index contributed by atoms with van der Waals surface area (Å²) >= 11 is 12.8. The summed E-state index contributed by atoms with van der Waals surface area (Å²) in [6.07, 6.45) is 2.12. The molecule has 6 unspecified atom stereocenters. The van der Waals surface area contributed by atoms with E-state index in [-0.39, 0.29) is 46.5 Å². The van der Waals surface area contributed by atoms with Crippen molar-refractivity contribution in [2.75, 3.05) is 43.5 Å². The number of phenols is 1. The van der Waals surface area contributed by atoms with Gasteiger partial charge in [-0.2, -0.15) is 15.2 Å². The number of benzene rings is 5. The van der Waals surface area contributed by atoms with Gasteiger partial charge in [0.15, 0.2) is 0 Å². The van der Waals surface area contributed by atoms with Crippen molar-refractivity contribution in [3.05, 3.63) is 142 Å². The summed E-state index contributed by atoms with van der Waals surface area (Å²) in [6, 6.07) is 30.7. The highest BCUT2D eigenvalue weighted by atomic mass is 35.5. The number of nitrogens with zero attached hydrogens (tertiary/aromatic N) is 5. The van der Waals surface area contributed by atoms with Crippen LogP contribution in [0.25, 0.3) is 0 Å². The van der Waals surface area contributed by atoms with Gasteiger partial charge in [-0.25, -0.2) is 0 Å². The molecule has 2 saturated heterocycles. The number of hydrogen-bond donors (Lipinski definition) is 2. The van der Waals surface area contributed by atoms with E-state index in [0.29, 0.717) is 39.0 Å². The Kier molecular flexibility index (Phi) is 10.7. The maximum Gasteiger partial charge on any atom is 0.260 e. The summed E-state index contributed by atoms with van der Waals surface area (Å²) in [5, 5.41) is 22.1. The number of ether oxygens (including phenoxy) is 2. The predicted molar refractivity (Wildman–Crippen MR) is 239 cm³/mol. The van der Waals surface area contributed by atoms with E-state index in [1.807, 2.05) is 49.3 Å². The lowest BCUT2D eigenvalue weighted by Gasteiger charge is -2.50. The van der Waals surface area contributed by atoms with Crippen molar-refractivity contribution in [3.63, 3.8) is 0 Å². The Bertz CT molecular complexity index is 2730. The number of rotatable bonds is 10. The van der Waals surface area contributed by atoms with Gasteiger partial charge in [-0.05, 0) is 115 Å². The zero-order valence-corrected chi connectivity index (χ0v) is 36.2. The molecule has 2 N–H and O–H groups in total. The van der Waals surface area contributed by atoms with Gasteiger partial charge in [0.2, 0.25) is 11.8 Å². The number of halogens is 2. The highest BCUT2D eigenvalue weighted by Crippen LogP contribution is 2.66. The van der Waals surface area contributed by atoms with Gasteiger partial charge in [-0.1, -0.05) is 53.1 Å². The number of allylic oxidation sites excluding steroid dienone is 2. The number of methoxy groups -OCH3 is 2. The fourth-order valence-corrected chi connectivity index (χ4v) is 10.5. The SMILES string of the molecule is COc1ccc(C23C(=O)N(Nc4ccc(Cl)cc4Cl)C(=O)C2CC2C(=CCC4C(=O)N(c5ccc(N=Nc6ccc(N(C)C)cc6)cc5)C(=O)C42)C3c2c(O)cccc2OC)cc1. The van der Waals surface area contributed by atoms with E-state index in [1.54, 1.807) is 72.8 Å². The summed E-state index contributed by atoms with van der Waals surface area (Å²) in [6.45, 7) is 0. The number of hydrogen-bond acceptors (Lipinski definition) is 11. The zero-order chi connectivity index (χ0) is 44.3. The molecule has 9 rings (SSSR count). The van der Waals surface area contributed by atoms with Crippen molar-refractivity contribution in [1.29, 1.82) is 0 Å². The molecule has 13 nitrogen and oxygen atoms in total. The van der Waals surface area contributed by atoms with Gasteiger partial charge in [0.1, 0.15) is 17.2 Å². The lowest BCUT2D eigenvalue weighted by atomic mass is 9.49. The van der Waals surface area contributed by atoms with E-state index in [9.17, 15) is 14.7 Å². The van der Waals surface area contributed by atoms with Crippen molar-refractivity contribution >= 4 is 75.3 Å². The Morgan fingerprint density at radius 3 is 2.11 bits per heavy atom. The van der Waals surface area contributed by atoms with Crippen molar-refractivity contribution < 1.29 is 33.8 Å². The molecule has 4 aliphatic rings. The maximum absolute atomic E-state index is 15.6. The van der Waals surface area contributed by atoms with Crippen LogP contribution in [0.2, 0.25) is 10.0 Å². The van der Waals surface area contributed by atoms with Crippen LogP contribution >= 0.6 is 23.2 Å². The van der Waals surface area contributed by atoms with Crippen molar-refractivity contribution in [2.45, 2.75) is 24.2 Å². The third-order valence-electron chi connectivity index (χ3n) is 12.9. The van der Waals surface area contributed by atoms with E-state index in [4.69, 9.17) is 32.7 Å². The van der Waals surface area contributed by atoms with E-state index in [1.165, 1.54) is 31.3 Å². The standard InChI is InChI=1S/C48H42Cl2N6O7/c1-54(2)30-15-11-28(12-16-30)51-52-29-13-17-31(18-14-29)55-44(58)34-22-21-33-35(41(34)46(55)60)25-36-45(59)56(53-38-23-10-27(49)24-37(38)50)47(61)48(36,26-8-19-32(62-3)20-9-26)43(33)42-39(57)6-5-7-40(42)63-4/h5-21,23-24,34-36,41,43,53,57H,22,25H2,1-4H3. The van der Waals surface area contributed by atoms with Crippen LogP contribution in [0.15, 0.2) is 131 Å². The van der Waals surface area contributed by atoms with E-state index >= 15 is 9.59 Å². The average Bonchev–Trinajstić information content (AvgIpc) is 3.67. The van der Waals surface area contributed by atoms with E-state index in [0.717, 1.165) is 10.7 Å². The number of anilines is 3. The highest BCUT2D eigenvalue weighted by Gasteiger charge is 2.71. The van der Waals surface area contributed by atoms with E-state index in [2.05, 4.69) is 15.7 Å².